The number of anilines is 2. The second-order valence-corrected chi connectivity index (χ2v) is 7.61. The molecule has 0 aliphatic heterocycles. The third-order valence-electron chi connectivity index (χ3n) is 3.94. The number of ether oxygens (including phenoxy) is 1. The fraction of sp³-hybridized carbons (Fsp3) is 0.0909. The second kappa shape index (κ2) is 9.58. The molecule has 0 radical (unpaired) electrons. The van der Waals surface area contributed by atoms with Crippen LogP contribution in [0.15, 0.2) is 71.2 Å². The summed E-state index contributed by atoms with van der Waals surface area (Å²) in [6.07, 6.45) is 0. The van der Waals surface area contributed by atoms with Crippen LogP contribution in [0, 0.1) is 6.92 Å². The van der Waals surface area contributed by atoms with Crippen molar-refractivity contribution in [3.8, 4) is 5.75 Å². The molecule has 0 bridgehead atoms. The van der Waals surface area contributed by atoms with Crippen molar-refractivity contribution in [3.05, 3.63) is 87.4 Å². The summed E-state index contributed by atoms with van der Waals surface area (Å²) < 4.78 is 6.16. The third-order valence-corrected chi connectivity index (χ3v) is 4.79. The van der Waals surface area contributed by atoms with Gasteiger partial charge in [0.1, 0.15) is 5.75 Å². The molecule has 0 aromatic heterocycles. The highest BCUT2D eigenvalue weighted by atomic mass is 79.9. The lowest BCUT2D eigenvalue weighted by atomic mass is 10.1. The first-order chi connectivity index (χ1) is 13.9. The van der Waals surface area contributed by atoms with E-state index in [0.29, 0.717) is 32.2 Å². The van der Waals surface area contributed by atoms with Crippen molar-refractivity contribution in [3.63, 3.8) is 0 Å². The number of hydrogen-bond acceptors (Lipinski definition) is 3. The van der Waals surface area contributed by atoms with Gasteiger partial charge in [-0.05, 0) is 76.9 Å². The molecule has 0 fully saturated rings. The molecule has 0 saturated carbocycles. The van der Waals surface area contributed by atoms with Gasteiger partial charge in [0.2, 0.25) is 0 Å². The Kier molecular flexibility index (Phi) is 6.90. The van der Waals surface area contributed by atoms with E-state index in [9.17, 15) is 9.59 Å². The van der Waals surface area contributed by atoms with Crippen LogP contribution in [0.2, 0.25) is 5.02 Å². The minimum Gasteiger partial charge on any atom is -0.483 e. The first-order valence-electron chi connectivity index (χ1n) is 8.76. The summed E-state index contributed by atoms with van der Waals surface area (Å²) >= 11 is 9.22. The highest BCUT2D eigenvalue weighted by Crippen LogP contribution is 2.28. The minimum absolute atomic E-state index is 0.181. The summed E-state index contributed by atoms with van der Waals surface area (Å²) in [4.78, 5) is 24.7. The van der Waals surface area contributed by atoms with E-state index in [1.54, 1.807) is 42.5 Å². The highest BCUT2D eigenvalue weighted by molar-refractivity contribution is 9.10. The quantitative estimate of drug-likeness (QED) is 0.484. The zero-order valence-corrected chi connectivity index (χ0v) is 17.9. The van der Waals surface area contributed by atoms with E-state index in [1.807, 2.05) is 31.2 Å². The first kappa shape index (κ1) is 20.9. The van der Waals surface area contributed by atoms with Gasteiger partial charge in [0.05, 0.1) is 4.47 Å². The molecule has 0 spiro atoms. The molecule has 29 heavy (non-hydrogen) atoms. The molecule has 2 N–H and O–H groups in total. The number of carbonyl (C=O) groups excluding carboxylic acids is 2. The normalized spacial score (nSPS) is 10.3. The van der Waals surface area contributed by atoms with E-state index in [1.165, 1.54) is 0 Å². The number of carbonyl (C=O) groups is 2. The van der Waals surface area contributed by atoms with Crippen LogP contribution in [0.5, 0.6) is 5.75 Å². The monoisotopic (exact) mass is 472 g/mol. The minimum atomic E-state index is -0.344. The highest BCUT2D eigenvalue weighted by Gasteiger charge is 2.10. The van der Waals surface area contributed by atoms with Crippen LogP contribution in [-0.4, -0.2) is 18.4 Å². The fourth-order valence-corrected chi connectivity index (χ4v) is 3.39. The largest absolute Gasteiger partial charge is 0.483 e. The molecule has 2 amide bonds. The van der Waals surface area contributed by atoms with Gasteiger partial charge in [0.15, 0.2) is 6.61 Å². The van der Waals surface area contributed by atoms with Gasteiger partial charge in [-0.25, -0.2) is 0 Å². The molecule has 0 atom stereocenters. The predicted octanol–water partition coefficient (Wildman–Crippen LogP) is 5.68. The maximum absolute atomic E-state index is 12.5. The lowest BCUT2D eigenvalue weighted by molar-refractivity contribution is -0.118. The third kappa shape index (κ3) is 6.07. The molecule has 3 rings (SSSR count). The Morgan fingerprint density at radius 1 is 0.966 bits per heavy atom. The van der Waals surface area contributed by atoms with Gasteiger partial charge >= 0.3 is 0 Å². The van der Waals surface area contributed by atoms with E-state index in [0.717, 1.165) is 5.56 Å². The lowest BCUT2D eigenvalue weighted by Gasteiger charge is -2.10. The lowest BCUT2D eigenvalue weighted by Crippen LogP contribution is -2.20. The van der Waals surface area contributed by atoms with Gasteiger partial charge in [-0.2, -0.15) is 0 Å². The van der Waals surface area contributed by atoms with Gasteiger partial charge in [0.25, 0.3) is 11.8 Å². The summed E-state index contributed by atoms with van der Waals surface area (Å²) in [6, 6.07) is 19.3. The average molecular weight is 474 g/mol. The van der Waals surface area contributed by atoms with E-state index in [2.05, 4.69) is 26.6 Å². The summed E-state index contributed by atoms with van der Waals surface area (Å²) in [5.74, 6) is -0.0908. The Morgan fingerprint density at radius 2 is 1.69 bits per heavy atom. The number of hydrogen-bond donors (Lipinski definition) is 2. The van der Waals surface area contributed by atoms with Crippen LogP contribution in [0.3, 0.4) is 0 Å². The Balaban J connectivity index is 1.60. The molecule has 7 heteroatoms. The van der Waals surface area contributed by atoms with Crippen LogP contribution < -0.4 is 15.4 Å². The maximum atomic E-state index is 12.5. The maximum Gasteiger partial charge on any atom is 0.262 e. The number of rotatable bonds is 6. The molecular formula is C22H18BrClN2O3. The summed E-state index contributed by atoms with van der Waals surface area (Å²) in [5.41, 5.74) is 2.71. The van der Waals surface area contributed by atoms with Gasteiger partial charge in [-0.3, -0.25) is 9.59 Å². The molecule has 0 aliphatic rings. The van der Waals surface area contributed by atoms with E-state index >= 15 is 0 Å². The number of amides is 2. The number of benzene rings is 3. The van der Waals surface area contributed by atoms with Crippen molar-refractivity contribution in [1.29, 1.82) is 0 Å². The molecule has 0 aliphatic carbocycles. The summed E-state index contributed by atoms with van der Waals surface area (Å²) in [7, 11) is 0. The molecule has 5 nitrogen and oxygen atoms in total. The van der Waals surface area contributed by atoms with Crippen molar-refractivity contribution in [2.75, 3.05) is 17.2 Å². The van der Waals surface area contributed by atoms with Crippen LogP contribution in [0.1, 0.15) is 15.9 Å². The van der Waals surface area contributed by atoms with Crippen molar-refractivity contribution >= 4 is 50.7 Å². The molecule has 0 heterocycles. The SMILES string of the molecule is Cc1cccc(NC(=O)c2cccc(NC(=O)COc3ccc(Cl)cc3Br)c2)c1. The predicted molar refractivity (Wildman–Crippen MR) is 119 cm³/mol. The van der Waals surface area contributed by atoms with Gasteiger partial charge in [0, 0.05) is 22.0 Å². The van der Waals surface area contributed by atoms with Gasteiger partial charge in [-0.1, -0.05) is 29.8 Å². The van der Waals surface area contributed by atoms with Gasteiger partial charge in [-0.15, -0.1) is 0 Å². The van der Waals surface area contributed by atoms with Crippen molar-refractivity contribution < 1.29 is 14.3 Å². The zero-order chi connectivity index (χ0) is 20.8. The number of halogens is 2. The molecule has 0 saturated heterocycles. The van der Waals surface area contributed by atoms with Crippen molar-refractivity contribution in [1.82, 2.24) is 0 Å². The van der Waals surface area contributed by atoms with Crippen molar-refractivity contribution in [2.45, 2.75) is 6.92 Å². The summed E-state index contributed by atoms with van der Waals surface area (Å²) in [6.45, 7) is 1.77. The average Bonchev–Trinajstić information content (AvgIpc) is 2.67. The fourth-order valence-electron chi connectivity index (χ4n) is 2.60. The van der Waals surface area contributed by atoms with Crippen LogP contribution in [0.25, 0.3) is 0 Å². The Morgan fingerprint density at radius 3 is 2.41 bits per heavy atom. The molecular weight excluding hydrogens is 456 g/mol. The smallest absolute Gasteiger partial charge is 0.262 e. The zero-order valence-electron chi connectivity index (χ0n) is 15.5. The Labute approximate surface area is 182 Å². The Bertz CT molecular complexity index is 1060. The standard InChI is InChI=1S/C22H18BrClN2O3/c1-14-4-2-6-17(10-14)26-22(28)15-5-3-7-18(11-15)25-21(27)13-29-20-9-8-16(24)12-19(20)23/h2-12H,13H2,1H3,(H,25,27)(H,26,28). The molecule has 3 aromatic rings. The van der Waals surface area contributed by atoms with E-state index in [4.69, 9.17) is 16.3 Å². The number of nitrogens with one attached hydrogen (secondary N) is 2. The molecule has 148 valence electrons. The first-order valence-corrected chi connectivity index (χ1v) is 9.93. The molecule has 0 unspecified atom stereocenters. The summed E-state index contributed by atoms with van der Waals surface area (Å²) in [5, 5.41) is 6.13. The van der Waals surface area contributed by atoms with E-state index in [-0.39, 0.29) is 18.4 Å². The molecule has 3 aromatic carbocycles. The van der Waals surface area contributed by atoms with Crippen LogP contribution >= 0.6 is 27.5 Å². The van der Waals surface area contributed by atoms with Crippen molar-refractivity contribution in [2.24, 2.45) is 0 Å². The van der Waals surface area contributed by atoms with E-state index < -0.39 is 0 Å². The second-order valence-electron chi connectivity index (χ2n) is 6.32. The number of aryl methyl sites for hydroxylation is 1. The van der Waals surface area contributed by atoms with Crippen LogP contribution in [-0.2, 0) is 4.79 Å². The van der Waals surface area contributed by atoms with Gasteiger partial charge < -0.3 is 15.4 Å². The Hall–Kier alpha value is -2.83. The topological polar surface area (TPSA) is 67.4 Å². The van der Waals surface area contributed by atoms with Crippen LogP contribution in [0.4, 0.5) is 11.4 Å².